The number of nitrogens with one attached hydrogen (secondary N) is 1. The van der Waals surface area contributed by atoms with E-state index in [1.54, 1.807) is 18.2 Å². The molecule has 0 saturated carbocycles. The third-order valence-electron chi connectivity index (χ3n) is 2.87. The van der Waals surface area contributed by atoms with Crippen LogP contribution in [0.15, 0.2) is 53.4 Å². The summed E-state index contributed by atoms with van der Waals surface area (Å²) < 4.78 is 39.0. The van der Waals surface area contributed by atoms with Crippen molar-refractivity contribution in [2.24, 2.45) is 5.84 Å². The summed E-state index contributed by atoms with van der Waals surface area (Å²) in [7, 11) is -2.38. The third kappa shape index (κ3) is 2.59. The second kappa shape index (κ2) is 5.48. The van der Waals surface area contributed by atoms with E-state index in [1.807, 2.05) is 0 Å². The molecule has 0 fully saturated rings. The second-order valence-electron chi connectivity index (χ2n) is 4.09. The number of sulfonamides is 1. The van der Waals surface area contributed by atoms with Crippen molar-refractivity contribution < 1.29 is 12.8 Å². The maximum atomic E-state index is 12.9. The van der Waals surface area contributed by atoms with Gasteiger partial charge < -0.3 is 5.43 Å². The quantitative estimate of drug-likeness (QED) is 0.667. The number of hydrazine groups is 1. The molecule has 2 aromatic carbocycles. The van der Waals surface area contributed by atoms with Crippen molar-refractivity contribution in [3.63, 3.8) is 0 Å². The summed E-state index contributed by atoms with van der Waals surface area (Å²) in [6, 6.07) is 11.5. The van der Waals surface area contributed by atoms with E-state index in [2.05, 4.69) is 5.43 Å². The summed E-state index contributed by atoms with van der Waals surface area (Å²) >= 11 is 0. The van der Waals surface area contributed by atoms with E-state index >= 15 is 0 Å². The summed E-state index contributed by atoms with van der Waals surface area (Å²) in [5.74, 6) is 4.90. The van der Waals surface area contributed by atoms with Crippen molar-refractivity contribution in [1.29, 1.82) is 0 Å². The molecule has 0 aromatic heterocycles. The molecule has 0 saturated heterocycles. The Morgan fingerprint density at radius 3 is 2.30 bits per heavy atom. The van der Waals surface area contributed by atoms with Crippen molar-refractivity contribution in [2.45, 2.75) is 4.90 Å². The summed E-state index contributed by atoms with van der Waals surface area (Å²) in [5, 5.41) is 0. The van der Waals surface area contributed by atoms with E-state index in [9.17, 15) is 12.8 Å². The third-order valence-corrected chi connectivity index (χ3v) is 4.71. The highest BCUT2D eigenvalue weighted by Crippen LogP contribution is 2.26. The first-order chi connectivity index (χ1) is 9.46. The van der Waals surface area contributed by atoms with E-state index in [0.29, 0.717) is 11.4 Å². The van der Waals surface area contributed by atoms with Crippen molar-refractivity contribution in [3.05, 3.63) is 54.3 Å². The van der Waals surface area contributed by atoms with Crippen LogP contribution in [0.3, 0.4) is 0 Å². The molecule has 0 spiro atoms. The smallest absolute Gasteiger partial charge is 0.266 e. The highest BCUT2D eigenvalue weighted by molar-refractivity contribution is 7.93. The van der Waals surface area contributed by atoms with Gasteiger partial charge in [-0.05, 0) is 36.4 Å². The van der Waals surface area contributed by atoms with E-state index in [0.717, 1.165) is 4.31 Å². The number of para-hydroxylation sites is 1. The zero-order chi connectivity index (χ0) is 14.8. The SMILES string of the molecule is CN(c1ccc(F)cc1)S(=O)(=O)c1ccccc1NN. The molecule has 0 bridgehead atoms. The van der Waals surface area contributed by atoms with E-state index < -0.39 is 15.8 Å². The molecule has 0 aliphatic rings. The lowest BCUT2D eigenvalue weighted by Crippen LogP contribution is -2.27. The van der Waals surface area contributed by atoms with Crippen LogP contribution in [-0.4, -0.2) is 15.5 Å². The lowest BCUT2D eigenvalue weighted by Gasteiger charge is -2.21. The van der Waals surface area contributed by atoms with Gasteiger partial charge in [-0.25, -0.2) is 12.8 Å². The normalized spacial score (nSPS) is 11.2. The fourth-order valence-electron chi connectivity index (χ4n) is 1.75. The number of nitrogen functional groups attached to an aromatic ring is 1. The second-order valence-corrected chi connectivity index (χ2v) is 6.03. The maximum absolute atomic E-state index is 12.9. The van der Waals surface area contributed by atoms with E-state index in [4.69, 9.17) is 5.84 Å². The van der Waals surface area contributed by atoms with Crippen LogP contribution in [0.25, 0.3) is 0 Å². The van der Waals surface area contributed by atoms with Crippen LogP contribution in [0.1, 0.15) is 0 Å². The van der Waals surface area contributed by atoms with Crippen molar-refractivity contribution in [1.82, 2.24) is 0 Å². The molecule has 0 aliphatic carbocycles. The zero-order valence-electron chi connectivity index (χ0n) is 10.7. The number of benzene rings is 2. The summed E-state index contributed by atoms with van der Waals surface area (Å²) in [5.41, 5.74) is 3.00. The first-order valence-electron chi connectivity index (χ1n) is 5.77. The van der Waals surface area contributed by atoms with Crippen LogP contribution in [0.4, 0.5) is 15.8 Å². The van der Waals surface area contributed by atoms with Gasteiger partial charge in [0.15, 0.2) is 0 Å². The van der Waals surface area contributed by atoms with Gasteiger partial charge in [-0.15, -0.1) is 0 Å². The lowest BCUT2D eigenvalue weighted by molar-refractivity contribution is 0.594. The van der Waals surface area contributed by atoms with Crippen molar-refractivity contribution >= 4 is 21.4 Å². The molecular formula is C13H14FN3O2S. The van der Waals surface area contributed by atoms with Crippen LogP contribution in [0, 0.1) is 5.82 Å². The van der Waals surface area contributed by atoms with Gasteiger partial charge >= 0.3 is 0 Å². The average molecular weight is 295 g/mol. The highest BCUT2D eigenvalue weighted by atomic mass is 32.2. The molecule has 0 amide bonds. The minimum Gasteiger partial charge on any atom is -0.323 e. The molecule has 3 N–H and O–H groups in total. The standard InChI is InChI=1S/C13H14FN3O2S/c1-17(11-8-6-10(14)7-9-11)20(18,19)13-5-3-2-4-12(13)16-15/h2-9,16H,15H2,1H3. The fourth-order valence-corrected chi connectivity index (χ4v) is 3.10. The number of hydrogen-bond acceptors (Lipinski definition) is 4. The molecule has 2 rings (SSSR count). The highest BCUT2D eigenvalue weighted by Gasteiger charge is 2.24. The summed E-state index contributed by atoms with van der Waals surface area (Å²) in [6.07, 6.45) is 0. The zero-order valence-corrected chi connectivity index (χ0v) is 11.6. The number of nitrogens with two attached hydrogens (primary N) is 1. The molecule has 0 radical (unpaired) electrons. The van der Waals surface area contributed by atoms with E-state index in [1.165, 1.54) is 37.4 Å². The van der Waals surface area contributed by atoms with Crippen molar-refractivity contribution in [3.8, 4) is 0 Å². The Bertz CT molecular complexity index is 702. The molecule has 7 heteroatoms. The monoisotopic (exact) mass is 295 g/mol. The Labute approximate surface area is 116 Å². The Kier molecular flexibility index (Phi) is 3.91. The first kappa shape index (κ1) is 14.3. The number of anilines is 2. The van der Waals surface area contributed by atoms with Crippen molar-refractivity contribution in [2.75, 3.05) is 16.8 Å². The Morgan fingerprint density at radius 1 is 1.10 bits per heavy atom. The van der Waals surface area contributed by atoms with Crippen LogP contribution in [0.5, 0.6) is 0 Å². The first-order valence-corrected chi connectivity index (χ1v) is 7.21. The van der Waals surface area contributed by atoms with Gasteiger partial charge in [0.1, 0.15) is 10.7 Å². The van der Waals surface area contributed by atoms with Gasteiger partial charge in [0, 0.05) is 7.05 Å². The molecular weight excluding hydrogens is 281 g/mol. The molecule has 0 atom stereocenters. The van der Waals surface area contributed by atoms with Crippen LogP contribution in [-0.2, 0) is 10.0 Å². The Morgan fingerprint density at radius 2 is 1.70 bits per heavy atom. The lowest BCUT2D eigenvalue weighted by atomic mass is 10.3. The van der Waals surface area contributed by atoms with Gasteiger partial charge in [-0.2, -0.15) is 0 Å². The minimum atomic E-state index is -3.78. The fraction of sp³-hybridized carbons (Fsp3) is 0.0769. The predicted molar refractivity (Wildman–Crippen MR) is 76.2 cm³/mol. The average Bonchev–Trinajstić information content (AvgIpc) is 2.47. The maximum Gasteiger partial charge on any atom is 0.266 e. The number of halogens is 1. The topological polar surface area (TPSA) is 75.4 Å². The summed E-state index contributed by atoms with van der Waals surface area (Å²) in [4.78, 5) is 0.0503. The Hall–Kier alpha value is -2.12. The van der Waals surface area contributed by atoms with Crippen LogP contribution < -0.4 is 15.6 Å². The van der Waals surface area contributed by atoms with Gasteiger partial charge in [-0.3, -0.25) is 10.1 Å². The van der Waals surface area contributed by atoms with Gasteiger partial charge in [0.2, 0.25) is 0 Å². The van der Waals surface area contributed by atoms with E-state index in [-0.39, 0.29) is 4.90 Å². The van der Waals surface area contributed by atoms with Crippen LogP contribution >= 0.6 is 0 Å². The largest absolute Gasteiger partial charge is 0.323 e. The molecule has 0 aliphatic heterocycles. The van der Waals surface area contributed by atoms with Gasteiger partial charge in [-0.1, -0.05) is 12.1 Å². The molecule has 0 heterocycles. The molecule has 2 aromatic rings. The predicted octanol–water partition coefficient (Wildman–Crippen LogP) is 1.94. The number of rotatable bonds is 4. The molecule has 106 valence electrons. The van der Waals surface area contributed by atoms with Gasteiger partial charge in [0.25, 0.3) is 10.0 Å². The summed E-state index contributed by atoms with van der Waals surface area (Å²) in [6.45, 7) is 0. The number of nitrogens with zero attached hydrogens (tertiary/aromatic N) is 1. The molecule has 0 unspecified atom stereocenters. The Balaban J connectivity index is 2.46. The minimum absolute atomic E-state index is 0.0503. The number of hydrogen-bond donors (Lipinski definition) is 2. The van der Waals surface area contributed by atoms with Crippen LogP contribution in [0.2, 0.25) is 0 Å². The molecule has 20 heavy (non-hydrogen) atoms. The van der Waals surface area contributed by atoms with Gasteiger partial charge in [0.05, 0.1) is 11.4 Å². The molecule has 5 nitrogen and oxygen atoms in total.